The molecule has 0 amide bonds. The number of nitrogens with two attached hydrogens (primary N) is 1. The van der Waals surface area contributed by atoms with Crippen LogP contribution in [0.2, 0.25) is 0 Å². The normalized spacial score (nSPS) is 10.4. The van der Waals surface area contributed by atoms with Gasteiger partial charge in [-0.3, -0.25) is 0 Å². The van der Waals surface area contributed by atoms with Gasteiger partial charge in [0.1, 0.15) is 0 Å². The first-order valence-corrected chi connectivity index (χ1v) is 6.46. The molecule has 0 spiro atoms. The largest absolute Gasteiger partial charge is 0.494 e. The van der Waals surface area contributed by atoms with E-state index in [1.165, 1.54) is 13.2 Å². The number of hydrogen-bond acceptors (Lipinski definition) is 3. The van der Waals surface area contributed by atoms with E-state index in [4.69, 9.17) is 10.5 Å². The predicted octanol–water partition coefficient (Wildman–Crippen LogP) is 2.93. The van der Waals surface area contributed by atoms with Crippen molar-refractivity contribution in [1.29, 1.82) is 0 Å². The maximum absolute atomic E-state index is 13.6. The van der Waals surface area contributed by atoms with E-state index in [0.717, 1.165) is 16.8 Å². The second-order valence-electron chi connectivity index (χ2n) is 4.70. The summed E-state index contributed by atoms with van der Waals surface area (Å²) in [7, 11) is 3.43. The average molecular weight is 274 g/mol. The van der Waals surface area contributed by atoms with Crippen LogP contribution in [-0.4, -0.2) is 14.2 Å². The van der Waals surface area contributed by atoms with Crippen LogP contribution in [0, 0.1) is 5.82 Å². The van der Waals surface area contributed by atoms with Gasteiger partial charge in [-0.25, -0.2) is 4.39 Å². The summed E-state index contributed by atoms with van der Waals surface area (Å²) < 4.78 is 18.6. The molecule has 4 heteroatoms. The zero-order chi connectivity index (χ0) is 14.5. The molecule has 0 aliphatic heterocycles. The van der Waals surface area contributed by atoms with Crippen LogP contribution in [0.25, 0.3) is 0 Å². The smallest absolute Gasteiger partial charge is 0.165 e. The van der Waals surface area contributed by atoms with Gasteiger partial charge in [-0.2, -0.15) is 0 Å². The summed E-state index contributed by atoms with van der Waals surface area (Å²) in [5.74, 6) is -0.0689. The van der Waals surface area contributed by atoms with Crippen molar-refractivity contribution in [1.82, 2.24) is 0 Å². The fourth-order valence-corrected chi connectivity index (χ4v) is 2.06. The van der Waals surface area contributed by atoms with Crippen LogP contribution >= 0.6 is 0 Å². The van der Waals surface area contributed by atoms with Gasteiger partial charge in [0.15, 0.2) is 11.6 Å². The zero-order valence-electron chi connectivity index (χ0n) is 11.8. The second kappa shape index (κ2) is 6.39. The highest BCUT2D eigenvalue weighted by Gasteiger charge is 2.06. The van der Waals surface area contributed by atoms with Gasteiger partial charge in [-0.05, 0) is 35.4 Å². The van der Waals surface area contributed by atoms with Crippen LogP contribution in [-0.2, 0) is 13.1 Å². The molecule has 0 radical (unpaired) electrons. The maximum atomic E-state index is 13.6. The number of nitrogens with zero attached hydrogens (tertiary/aromatic N) is 1. The standard InChI is InChI=1S/C16H19FN2O/c1-19(14-6-3-12(10-18)4-7-14)11-13-5-8-16(20-2)15(17)9-13/h3-9H,10-11,18H2,1-2H3. The van der Waals surface area contributed by atoms with Gasteiger partial charge in [0, 0.05) is 25.8 Å². The van der Waals surface area contributed by atoms with E-state index in [-0.39, 0.29) is 11.6 Å². The Labute approximate surface area is 118 Å². The molecule has 106 valence electrons. The highest BCUT2D eigenvalue weighted by molar-refractivity contribution is 5.47. The number of methoxy groups -OCH3 is 1. The first-order chi connectivity index (χ1) is 9.63. The number of anilines is 1. The van der Waals surface area contributed by atoms with Gasteiger partial charge >= 0.3 is 0 Å². The topological polar surface area (TPSA) is 38.5 Å². The molecule has 0 saturated carbocycles. The van der Waals surface area contributed by atoms with E-state index in [9.17, 15) is 4.39 Å². The fraction of sp³-hybridized carbons (Fsp3) is 0.250. The third kappa shape index (κ3) is 3.27. The van der Waals surface area contributed by atoms with Crippen LogP contribution in [0.1, 0.15) is 11.1 Å². The Morgan fingerprint density at radius 1 is 1.10 bits per heavy atom. The number of rotatable bonds is 5. The molecular weight excluding hydrogens is 255 g/mol. The summed E-state index contributed by atoms with van der Waals surface area (Å²) in [4.78, 5) is 2.06. The summed E-state index contributed by atoms with van der Waals surface area (Å²) in [6.07, 6.45) is 0. The van der Waals surface area contributed by atoms with Crippen molar-refractivity contribution < 1.29 is 9.13 Å². The lowest BCUT2D eigenvalue weighted by Crippen LogP contribution is -2.16. The molecule has 0 atom stereocenters. The first kappa shape index (κ1) is 14.3. The quantitative estimate of drug-likeness (QED) is 0.911. The Kier molecular flexibility index (Phi) is 4.58. The lowest BCUT2D eigenvalue weighted by atomic mass is 10.1. The van der Waals surface area contributed by atoms with Crippen molar-refractivity contribution in [2.45, 2.75) is 13.1 Å². The van der Waals surface area contributed by atoms with Gasteiger partial charge in [-0.1, -0.05) is 18.2 Å². The zero-order valence-corrected chi connectivity index (χ0v) is 11.8. The van der Waals surface area contributed by atoms with E-state index in [0.29, 0.717) is 13.1 Å². The van der Waals surface area contributed by atoms with Crippen molar-refractivity contribution in [3.05, 3.63) is 59.4 Å². The minimum absolute atomic E-state index is 0.267. The van der Waals surface area contributed by atoms with Gasteiger partial charge in [0.05, 0.1) is 7.11 Å². The molecule has 2 rings (SSSR count). The monoisotopic (exact) mass is 274 g/mol. The summed E-state index contributed by atoms with van der Waals surface area (Å²) in [6.45, 7) is 1.16. The van der Waals surface area contributed by atoms with Crippen molar-refractivity contribution in [3.8, 4) is 5.75 Å². The van der Waals surface area contributed by atoms with E-state index in [1.807, 2.05) is 37.4 Å². The van der Waals surface area contributed by atoms with E-state index >= 15 is 0 Å². The molecule has 20 heavy (non-hydrogen) atoms. The number of hydrogen-bond donors (Lipinski definition) is 1. The minimum atomic E-state index is -0.336. The molecule has 0 unspecified atom stereocenters. The average Bonchev–Trinajstić information content (AvgIpc) is 2.47. The number of halogens is 1. The molecule has 2 N–H and O–H groups in total. The molecule has 0 aliphatic rings. The molecule has 0 heterocycles. The molecule has 0 bridgehead atoms. The Bertz CT molecular complexity index is 569. The Morgan fingerprint density at radius 2 is 1.75 bits per heavy atom. The van der Waals surface area contributed by atoms with E-state index < -0.39 is 0 Å². The highest BCUT2D eigenvalue weighted by Crippen LogP contribution is 2.21. The van der Waals surface area contributed by atoms with Crippen molar-refractivity contribution in [3.63, 3.8) is 0 Å². The van der Waals surface area contributed by atoms with Gasteiger partial charge in [0.2, 0.25) is 0 Å². The van der Waals surface area contributed by atoms with Crippen LogP contribution in [0.15, 0.2) is 42.5 Å². The lowest BCUT2D eigenvalue weighted by Gasteiger charge is -2.20. The number of ether oxygens (including phenoxy) is 1. The molecule has 3 nitrogen and oxygen atoms in total. The van der Waals surface area contributed by atoms with E-state index in [2.05, 4.69) is 4.90 Å². The molecule has 2 aromatic rings. The highest BCUT2D eigenvalue weighted by atomic mass is 19.1. The molecule has 0 aliphatic carbocycles. The second-order valence-corrected chi connectivity index (χ2v) is 4.70. The Balaban J connectivity index is 2.10. The maximum Gasteiger partial charge on any atom is 0.165 e. The molecule has 0 fully saturated rings. The van der Waals surface area contributed by atoms with Crippen molar-refractivity contribution in [2.75, 3.05) is 19.1 Å². The van der Waals surface area contributed by atoms with Crippen molar-refractivity contribution in [2.24, 2.45) is 5.73 Å². The fourth-order valence-electron chi connectivity index (χ4n) is 2.06. The third-order valence-corrected chi connectivity index (χ3v) is 3.25. The summed E-state index contributed by atoms with van der Waals surface area (Å²) >= 11 is 0. The molecular formula is C16H19FN2O. The summed E-state index contributed by atoms with van der Waals surface area (Å²) in [5.41, 5.74) is 8.64. The summed E-state index contributed by atoms with van der Waals surface area (Å²) in [6, 6.07) is 13.1. The molecule has 2 aromatic carbocycles. The van der Waals surface area contributed by atoms with E-state index in [1.54, 1.807) is 6.07 Å². The van der Waals surface area contributed by atoms with Gasteiger partial charge in [0.25, 0.3) is 0 Å². The first-order valence-electron chi connectivity index (χ1n) is 6.46. The van der Waals surface area contributed by atoms with Crippen LogP contribution in [0.4, 0.5) is 10.1 Å². The predicted molar refractivity (Wildman–Crippen MR) is 79.4 cm³/mol. The SMILES string of the molecule is COc1ccc(CN(C)c2ccc(CN)cc2)cc1F. The Hall–Kier alpha value is -2.07. The van der Waals surface area contributed by atoms with Crippen molar-refractivity contribution >= 4 is 5.69 Å². The van der Waals surface area contributed by atoms with Crippen LogP contribution < -0.4 is 15.4 Å². The molecule has 0 aromatic heterocycles. The minimum Gasteiger partial charge on any atom is -0.494 e. The van der Waals surface area contributed by atoms with Crippen LogP contribution in [0.3, 0.4) is 0 Å². The molecule has 0 saturated heterocycles. The van der Waals surface area contributed by atoms with Gasteiger partial charge < -0.3 is 15.4 Å². The Morgan fingerprint density at radius 3 is 2.30 bits per heavy atom. The van der Waals surface area contributed by atoms with Gasteiger partial charge in [-0.15, -0.1) is 0 Å². The van der Waals surface area contributed by atoms with Crippen LogP contribution in [0.5, 0.6) is 5.75 Å². The number of benzene rings is 2. The lowest BCUT2D eigenvalue weighted by molar-refractivity contribution is 0.386. The summed E-state index contributed by atoms with van der Waals surface area (Å²) in [5, 5.41) is 0. The third-order valence-electron chi connectivity index (χ3n) is 3.25.